The van der Waals surface area contributed by atoms with E-state index in [2.05, 4.69) is 18.7 Å². The maximum absolute atomic E-state index is 10.8. The second-order valence-corrected chi connectivity index (χ2v) is 4.29. The van der Waals surface area contributed by atoms with Gasteiger partial charge in [0.15, 0.2) is 0 Å². The number of aromatic carboxylic acids is 1. The Bertz CT molecular complexity index is 377. The van der Waals surface area contributed by atoms with Gasteiger partial charge in [-0.3, -0.25) is 4.90 Å². The fraction of sp³-hybridized carbons (Fsp3) is 0.462. The predicted molar refractivity (Wildman–Crippen MR) is 66.0 cm³/mol. The van der Waals surface area contributed by atoms with Crippen LogP contribution in [0.2, 0.25) is 0 Å². The topological polar surface area (TPSA) is 60.8 Å². The van der Waals surface area contributed by atoms with Crippen molar-refractivity contribution in [3.63, 3.8) is 0 Å². The van der Waals surface area contributed by atoms with E-state index in [-0.39, 0.29) is 6.61 Å². The molecule has 0 radical (unpaired) electrons. The number of carbonyl (C=O) groups is 1. The van der Waals surface area contributed by atoms with Crippen molar-refractivity contribution in [2.45, 2.75) is 26.4 Å². The average Bonchev–Trinajstić information content (AvgIpc) is 2.28. The predicted octanol–water partition coefficient (Wildman–Crippen LogP) is 1.59. The molecule has 0 aliphatic carbocycles. The molecule has 4 nitrogen and oxygen atoms in total. The molecule has 0 unspecified atom stereocenters. The fourth-order valence-electron chi connectivity index (χ4n) is 1.69. The molecule has 17 heavy (non-hydrogen) atoms. The van der Waals surface area contributed by atoms with Crippen LogP contribution in [0.1, 0.15) is 29.8 Å². The molecule has 0 saturated carbocycles. The minimum Gasteiger partial charge on any atom is -0.478 e. The molecule has 0 amide bonds. The number of aliphatic hydroxyl groups is 1. The van der Waals surface area contributed by atoms with Crippen molar-refractivity contribution in [3.05, 3.63) is 35.4 Å². The maximum atomic E-state index is 10.8. The number of rotatable bonds is 6. The first-order valence-corrected chi connectivity index (χ1v) is 5.71. The van der Waals surface area contributed by atoms with Crippen LogP contribution in [-0.2, 0) is 6.54 Å². The maximum Gasteiger partial charge on any atom is 0.335 e. The molecule has 0 fully saturated rings. The molecular weight excluding hydrogens is 218 g/mol. The molecule has 1 aromatic rings. The molecule has 1 rings (SSSR count). The molecule has 0 bridgehead atoms. The zero-order chi connectivity index (χ0) is 12.8. The summed E-state index contributed by atoms with van der Waals surface area (Å²) in [4.78, 5) is 12.9. The van der Waals surface area contributed by atoms with Crippen molar-refractivity contribution in [1.82, 2.24) is 4.90 Å². The molecule has 94 valence electrons. The number of benzene rings is 1. The molecule has 0 aliphatic heterocycles. The van der Waals surface area contributed by atoms with Gasteiger partial charge in [-0.25, -0.2) is 4.79 Å². The summed E-state index contributed by atoms with van der Waals surface area (Å²) in [6, 6.07) is 7.22. The average molecular weight is 237 g/mol. The van der Waals surface area contributed by atoms with Gasteiger partial charge in [-0.05, 0) is 31.5 Å². The standard InChI is InChI=1S/C13H19NO3/c1-10(2)14(6-7-15)9-11-4-3-5-12(8-11)13(16)17/h3-5,8,10,15H,6-7,9H2,1-2H3,(H,16,17). The van der Waals surface area contributed by atoms with E-state index in [1.807, 2.05) is 6.07 Å². The Morgan fingerprint density at radius 2 is 2.12 bits per heavy atom. The number of carboxylic acid groups (broad SMARTS) is 1. The quantitative estimate of drug-likeness (QED) is 0.788. The Labute approximate surface area is 101 Å². The lowest BCUT2D eigenvalue weighted by Crippen LogP contribution is -2.32. The summed E-state index contributed by atoms with van der Waals surface area (Å²) >= 11 is 0. The lowest BCUT2D eigenvalue weighted by molar-refractivity contribution is 0.0696. The Kier molecular flexibility index (Phi) is 5.12. The van der Waals surface area contributed by atoms with Crippen molar-refractivity contribution in [1.29, 1.82) is 0 Å². The van der Waals surface area contributed by atoms with Crippen molar-refractivity contribution < 1.29 is 15.0 Å². The minimum absolute atomic E-state index is 0.108. The number of aliphatic hydroxyl groups excluding tert-OH is 1. The molecule has 0 heterocycles. The van der Waals surface area contributed by atoms with Crippen molar-refractivity contribution in [2.24, 2.45) is 0 Å². The minimum atomic E-state index is -0.912. The normalized spacial score (nSPS) is 11.1. The van der Waals surface area contributed by atoms with E-state index >= 15 is 0 Å². The van der Waals surface area contributed by atoms with Gasteiger partial charge in [0.05, 0.1) is 12.2 Å². The van der Waals surface area contributed by atoms with E-state index in [1.54, 1.807) is 18.2 Å². The van der Waals surface area contributed by atoms with Gasteiger partial charge in [-0.15, -0.1) is 0 Å². The van der Waals surface area contributed by atoms with Gasteiger partial charge >= 0.3 is 5.97 Å². The SMILES string of the molecule is CC(C)N(CCO)Cc1cccc(C(=O)O)c1. The summed E-state index contributed by atoms with van der Waals surface area (Å²) in [6.07, 6.45) is 0. The Hall–Kier alpha value is -1.39. The van der Waals surface area contributed by atoms with Gasteiger partial charge in [0.25, 0.3) is 0 Å². The van der Waals surface area contributed by atoms with Crippen molar-refractivity contribution in [3.8, 4) is 0 Å². The summed E-state index contributed by atoms with van der Waals surface area (Å²) in [7, 11) is 0. The van der Waals surface area contributed by atoms with Crippen LogP contribution in [-0.4, -0.2) is 40.3 Å². The third-order valence-corrected chi connectivity index (χ3v) is 2.68. The van der Waals surface area contributed by atoms with Crippen LogP contribution in [0.3, 0.4) is 0 Å². The van der Waals surface area contributed by atoms with Crippen LogP contribution >= 0.6 is 0 Å². The third kappa shape index (κ3) is 4.17. The summed E-state index contributed by atoms with van der Waals surface area (Å²) in [5, 5.41) is 17.9. The van der Waals surface area contributed by atoms with Crippen LogP contribution in [0.25, 0.3) is 0 Å². The highest BCUT2D eigenvalue weighted by atomic mass is 16.4. The van der Waals surface area contributed by atoms with Gasteiger partial charge in [0, 0.05) is 19.1 Å². The lowest BCUT2D eigenvalue weighted by atomic mass is 10.1. The van der Waals surface area contributed by atoms with Crippen LogP contribution in [0.15, 0.2) is 24.3 Å². The number of hydrogen-bond donors (Lipinski definition) is 2. The number of nitrogens with zero attached hydrogens (tertiary/aromatic N) is 1. The van der Waals surface area contributed by atoms with E-state index in [9.17, 15) is 4.79 Å². The van der Waals surface area contributed by atoms with Gasteiger partial charge in [-0.2, -0.15) is 0 Å². The number of hydrogen-bond acceptors (Lipinski definition) is 3. The molecule has 0 aliphatic rings. The van der Waals surface area contributed by atoms with Gasteiger partial charge in [-0.1, -0.05) is 12.1 Å². The van der Waals surface area contributed by atoms with E-state index in [4.69, 9.17) is 10.2 Å². The molecule has 0 aromatic heterocycles. The first-order chi connectivity index (χ1) is 8.04. The largest absolute Gasteiger partial charge is 0.478 e. The lowest BCUT2D eigenvalue weighted by Gasteiger charge is -2.25. The highest BCUT2D eigenvalue weighted by molar-refractivity contribution is 5.87. The second-order valence-electron chi connectivity index (χ2n) is 4.29. The summed E-state index contributed by atoms with van der Waals surface area (Å²) in [5.41, 5.74) is 1.25. The number of carboxylic acids is 1. The molecule has 2 N–H and O–H groups in total. The van der Waals surface area contributed by atoms with Gasteiger partial charge in [0.1, 0.15) is 0 Å². The zero-order valence-corrected chi connectivity index (χ0v) is 10.3. The molecule has 4 heteroatoms. The van der Waals surface area contributed by atoms with Crippen molar-refractivity contribution in [2.75, 3.05) is 13.2 Å². The highest BCUT2D eigenvalue weighted by Gasteiger charge is 2.10. The van der Waals surface area contributed by atoms with E-state index in [0.717, 1.165) is 5.56 Å². The van der Waals surface area contributed by atoms with Crippen LogP contribution in [0, 0.1) is 0 Å². The molecule has 0 saturated heterocycles. The molecule has 0 atom stereocenters. The fourth-order valence-corrected chi connectivity index (χ4v) is 1.69. The second kappa shape index (κ2) is 6.37. The zero-order valence-electron chi connectivity index (χ0n) is 10.3. The highest BCUT2D eigenvalue weighted by Crippen LogP contribution is 2.10. The summed E-state index contributed by atoms with van der Waals surface area (Å²) < 4.78 is 0. The van der Waals surface area contributed by atoms with Crippen molar-refractivity contribution >= 4 is 5.97 Å². The van der Waals surface area contributed by atoms with Gasteiger partial charge in [0.2, 0.25) is 0 Å². The summed E-state index contributed by atoms with van der Waals surface area (Å²) in [6.45, 7) is 5.46. The van der Waals surface area contributed by atoms with Crippen LogP contribution in [0.4, 0.5) is 0 Å². The van der Waals surface area contributed by atoms with Crippen LogP contribution in [0.5, 0.6) is 0 Å². The van der Waals surface area contributed by atoms with E-state index in [0.29, 0.717) is 24.7 Å². The summed E-state index contributed by atoms with van der Waals surface area (Å²) in [5.74, 6) is -0.912. The Balaban J connectivity index is 2.78. The monoisotopic (exact) mass is 237 g/mol. The first kappa shape index (κ1) is 13.7. The molecule has 1 aromatic carbocycles. The smallest absolute Gasteiger partial charge is 0.335 e. The Morgan fingerprint density at radius 1 is 1.41 bits per heavy atom. The first-order valence-electron chi connectivity index (χ1n) is 5.71. The van der Waals surface area contributed by atoms with Gasteiger partial charge < -0.3 is 10.2 Å². The third-order valence-electron chi connectivity index (χ3n) is 2.68. The molecule has 0 spiro atoms. The van der Waals surface area contributed by atoms with E-state index in [1.165, 1.54) is 0 Å². The van der Waals surface area contributed by atoms with E-state index < -0.39 is 5.97 Å². The van der Waals surface area contributed by atoms with Crippen LogP contribution < -0.4 is 0 Å². The Morgan fingerprint density at radius 3 is 2.65 bits per heavy atom. The molecular formula is C13H19NO3.